The number of H-pyrrole nitrogens is 2. The van der Waals surface area contributed by atoms with Gasteiger partial charge in [-0.05, 0) is 48.9 Å². The smallest absolute Gasteiger partial charge is 0.325 e. The molecule has 0 radical (unpaired) electrons. The molecule has 0 aliphatic carbocycles. The molecule has 42 heavy (non-hydrogen) atoms. The second kappa shape index (κ2) is 13.3. The van der Waals surface area contributed by atoms with Crippen LogP contribution in [0.4, 0.5) is 0 Å². The number of nitrogens with one attached hydrogen (secondary N) is 5. The van der Waals surface area contributed by atoms with Gasteiger partial charge in [0.1, 0.15) is 18.1 Å². The maximum absolute atomic E-state index is 13.7. The molecule has 0 saturated heterocycles. The van der Waals surface area contributed by atoms with E-state index in [1.54, 1.807) is 6.20 Å². The molecule has 8 N–H and O–H groups in total. The predicted molar refractivity (Wildman–Crippen MR) is 161 cm³/mol. The van der Waals surface area contributed by atoms with E-state index in [1.165, 1.54) is 6.92 Å². The Kier molecular flexibility index (Phi) is 9.64. The first kappa shape index (κ1) is 30.3. The number of fused-ring (bicyclic) bond motifs is 2. The minimum atomic E-state index is -1.19. The summed E-state index contributed by atoms with van der Waals surface area (Å²) in [5.41, 5.74) is 9.83. The summed E-state index contributed by atoms with van der Waals surface area (Å²) in [6.07, 6.45) is 4.28. The highest BCUT2D eigenvalue weighted by atomic mass is 16.4. The van der Waals surface area contributed by atoms with Gasteiger partial charge in [-0.3, -0.25) is 19.2 Å². The molecule has 2 heterocycles. The van der Waals surface area contributed by atoms with Crippen LogP contribution < -0.4 is 21.7 Å². The van der Waals surface area contributed by atoms with E-state index in [1.807, 2.05) is 68.6 Å². The van der Waals surface area contributed by atoms with Crippen LogP contribution in [-0.2, 0) is 32.0 Å². The van der Waals surface area contributed by atoms with Gasteiger partial charge in [-0.2, -0.15) is 0 Å². The van der Waals surface area contributed by atoms with E-state index in [4.69, 9.17) is 5.73 Å². The standard InChI is InChI=1S/C31H38N6O5/c1-17(2)12-26(29(39)35-18(3)31(41)42)37-30(40)27(14-20-16-34-25-11-7-5-9-22(20)25)36-28(38)23(32)13-19-15-33-24-10-6-4-8-21(19)24/h4-11,15-18,23,26-27,33-34H,12-14,32H2,1-3H3,(H,35,39)(H,36,38)(H,37,40)(H,41,42). The molecule has 0 fully saturated rings. The highest BCUT2D eigenvalue weighted by Gasteiger charge is 2.30. The van der Waals surface area contributed by atoms with Crippen LogP contribution in [0.1, 0.15) is 38.3 Å². The van der Waals surface area contributed by atoms with E-state index < -0.39 is 47.9 Å². The molecule has 4 rings (SSSR count). The first-order valence-corrected chi connectivity index (χ1v) is 14.0. The van der Waals surface area contributed by atoms with Crippen molar-refractivity contribution in [3.8, 4) is 0 Å². The SMILES string of the molecule is CC(C)CC(NC(=O)C(Cc1c[nH]c2ccccc12)NC(=O)C(N)Cc1c[nH]c2ccccc12)C(=O)NC(C)C(=O)O. The van der Waals surface area contributed by atoms with E-state index in [-0.39, 0.29) is 25.2 Å². The first-order valence-electron chi connectivity index (χ1n) is 14.0. The van der Waals surface area contributed by atoms with Gasteiger partial charge in [-0.15, -0.1) is 0 Å². The third kappa shape index (κ3) is 7.35. The van der Waals surface area contributed by atoms with Crippen LogP contribution in [0.15, 0.2) is 60.9 Å². The van der Waals surface area contributed by atoms with Gasteiger partial charge in [0.05, 0.1) is 6.04 Å². The van der Waals surface area contributed by atoms with Gasteiger partial charge in [-0.1, -0.05) is 50.2 Å². The molecule has 3 amide bonds. The second-order valence-electron chi connectivity index (χ2n) is 11.1. The summed E-state index contributed by atoms with van der Waals surface area (Å²) in [7, 11) is 0. The highest BCUT2D eigenvalue weighted by Crippen LogP contribution is 2.21. The Hall–Kier alpha value is -4.64. The van der Waals surface area contributed by atoms with Gasteiger partial charge in [0, 0.05) is 40.6 Å². The van der Waals surface area contributed by atoms with Crippen molar-refractivity contribution in [3.05, 3.63) is 72.1 Å². The fourth-order valence-corrected chi connectivity index (χ4v) is 4.99. The normalized spacial score (nSPS) is 14.3. The quantitative estimate of drug-likeness (QED) is 0.129. The van der Waals surface area contributed by atoms with E-state index in [0.717, 1.165) is 32.9 Å². The van der Waals surface area contributed by atoms with Gasteiger partial charge < -0.3 is 36.8 Å². The lowest BCUT2D eigenvalue weighted by molar-refractivity contribution is -0.141. The molecular weight excluding hydrogens is 536 g/mol. The molecule has 4 atom stereocenters. The Morgan fingerprint density at radius 2 is 1.24 bits per heavy atom. The van der Waals surface area contributed by atoms with Crippen molar-refractivity contribution in [1.82, 2.24) is 25.9 Å². The predicted octanol–water partition coefficient (Wildman–Crippen LogP) is 2.37. The van der Waals surface area contributed by atoms with Crippen LogP contribution in [0.2, 0.25) is 0 Å². The van der Waals surface area contributed by atoms with Gasteiger partial charge >= 0.3 is 5.97 Å². The van der Waals surface area contributed by atoms with Crippen molar-refractivity contribution in [2.45, 2.75) is 64.2 Å². The summed E-state index contributed by atoms with van der Waals surface area (Å²) in [4.78, 5) is 57.7. The van der Waals surface area contributed by atoms with Gasteiger partial charge in [-0.25, -0.2) is 0 Å². The Morgan fingerprint density at radius 1 is 0.738 bits per heavy atom. The second-order valence-corrected chi connectivity index (χ2v) is 11.1. The lowest BCUT2D eigenvalue weighted by Gasteiger charge is -2.25. The van der Waals surface area contributed by atoms with Crippen LogP contribution >= 0.6 is 0 Å². The molecule has 0 aliphatic heterocycles. The molecule has 11 nitrogen and oxygen atoms in total. The minimum Gasteiger partial charge on any atom is -0.480 e. The monoisotopic (exact) mass is 574 g/mol. The van der Waals surface area contributed by atoms with E-state index >= 15 is 0 Å². The molecule has 2 aromatic heterocycles. The van der Waals surface area contributed by atoms with Crippen LogP contribution in [0.3, 0.4) is 0 Å². The third-order valence-corrected chi connectivity index (χ3v) is 7.25. The fraction of sp³-hybridized carbons (Fsp3) is 0.355. The van der Waals surface area contributed by atoms with Gasteiger partial charge in [0.2, 0.25) is 17.7 Å². The molecule has 11 heteroatoms. The number of aromatic nitrogens is 2. The van der Waals surface area contributed by atoms with Crippen molar-refractivity contribution in [3.63, 3.8) is 0 Å². The minimum absolute atomic E-state index is 0.0208. The number of carboxylic acids is 1. The molecule has 4 unspecified atom stereocenters. The number of amides is 3. The zero-order valence-electron chi connectivity index (χ0n) is 23.9. The summed E-state index contributed by atoms with van der Waals surface area (Å²) in [5.74, 6) is -2.86. The molecule has 222 valence electrons. The van der Waals surface area contributed by atoms with Crippen molar-refractivity contribution in [2.24, 2.45) is 11.7 Å². The molecule has 4 aromatic rings. The summed E-state index contributed by atoms with van der Waals surface area (Å²) < 4.78 is 0. The zero-order valence-corrected chi connectivity index (χ0v) is 23.9. The number of aliphatic carboxylic acids is 1. The van der Waals surface area contributed by atoms with Crippen LogP contribution in [-0.4, -0.2) is 62.9 Å². The number of carbonyl (C=O) groups excluding carboxylic acids is 3. The Labute approximate surface area is 243 Å². The van der Waals surface area contributed by atoms with Gasteiger partial charge in [0.25, 0.3) is 0 Å². The maximum Gasteiger partial charge on any atom is 0.325 e. The lowest BCUT2D eigenvalue weighted by atomic mass is 10.00. The number of aromatic amines is 2. The molecule has 0 spiro atoms. The third-order valence-electron chi connectivity index (χ3n) is 7.25. The Morgan fingerprint density at radius 3 is 1.79 bits per heavy atom. The molecule has 0 aliphatic rings. The Bertz CT molecular complexity index is 1570. The topological polar surface area (TPSA) is 182 Å². The summed E-state index contributed by atoms with van der Waals surface area (Å²) >= 11 is 0. The van der Waals surface area contributed by atoms with E-state index in [9.17, 15) is 24.3 Å². The maximum atomic E-state index is 13.7. The van der Waals surface area contributed by atoms with E-state index in [0.29, 0.717) is 0 Å². The van der Waals surface area contributed by atoms with E-state index in [2.05, 4.69) is 25.9 Å². The van der Waals surface area contributed by atoms with Crippen molar-refractivity contribution in [2.75, 3.05) is 0 Å². The number of hydrogen-bond donors (Lipinski definition) is 7. The molecule has 0 saturated carbocycles. The number of carbonyl (C=O) groups is 4. The van der Waals surface area contributed by atoms with Crippen LogP contribution in [0.5, 0.6) is 0 Å². The van der Waals surface area contributed by atoms with Crippen molar-refractivity contribution < 1.29 is 24.3 Å². The average molecular weight is 575 g/mol. The van der Waals surface area contributed by atoms with Crippen molar-refractivity contribution >= 4 is 45.5 Å². The summed E-state index contributed by atoms with van der Waals surface area (Å²) in [6, 6.07) is 11.2. The fourth-order valence-electron chi connectivity index (χ4n) is 4.99. The van der Waals surface area contributed by atoms with Crippen LogP contribution in [0.25, 0.3) is 21.8 Å². The van der Waals surface area contributed by atoms with Crippen LogP contribution in [0, 0.1) is 5.92 Å². The number of hydrogen-bond acceptors (Lipinski definition) is 5. The molecular formula is C31H38N6O5. The van der Waals surface area contributed by atoms with Gasteiger partial charge in [0.15, 0.2) is 0 Å². The molecule has 0 bridgehead atoms. The number of benzene rings is 2. The first-order chi connectivity index (χ1) is 20.0. The highest BCUT2D eigenvalue weighted by molar-refractivity contribution is 5.95. The summed E-state index contributed by atoms with van der Waals surface area (Å²) in [6.45, 7) is 5.13. The Balaban J connectivity index is 1.55. The number of nitrogens with two attached hydrogens (primary N) is 1. The summed E-state index contributed by atoms with van der Waals surface area (Å²) in [5, 5.41) is 19.1. The molecule has 2 aromatic carbocycles. The number of rotatable bonds is 13. The average Bonchev–Trinajstić information content (AvgIpc) is 3.56. The van der Waals surface area contributed by atoms with Crippen molar-refractivity contribution in [1.29, 1.82) is 0 Å². The lowest BCUT2D eigenvalue weighted by Crippen LogP contribution is -2.57. The number of carboxylic acid groups (broad SMARTS) is 1. The zero-order chi connectivity index (χ0) is 30.4. The largest absolute Gasteiger partial charge is 0.480 e. The number of para-hydroxylation sites is 2.